The first kappa shape index (κ1) is 19.3. The molecule has 0 unspecified atom stereocenters. The minimum Gasteiger partial charge on any atom is -0.497 e. The zero-order valence-corrected chi connectivity index (χ0v) is 17.1. The molecule has 2 aromatic carbocycles. The lowest BCUT2D eigenvalue weighted by atomic mass is 10.2. The molecule has 0 atom stereocenters. The van der Waals surface area contributed by atoms with Crippen molar-refractivity contribution in [2.75, 3.05) is 25.3 Å². The van der Waals surface area contributed by atoms with Crippen molar-refractivity contribution >= 4 is 33.3 Å². The summed E-state index contributed by atoms with van der Waals surface area (Å²) in [5, 5.41) is 11.3. The number of hydrogen-bond donors (Lipinski definition) is 1. The zero-order valence-electron chi connectivity index (χ0n) is 15.4. The van der Waals surface area contributed by atoms with Crippen molar-refractivity contribution in [3.63, 3.8) is 0 Å². The molecule has 1 aliphatic heterocycles. The molecule has 4 rings (SSSR count). The first-order valence-electron chi connectivity index (χ1n) is 8.38. The van der Waals surface area contributed by atoms with Crippen LogP contribution < -0.4 is 14.8 Å². The van der Waals surface area contributed by atoms with Gasteiger partial charge in [-0.3, -0.25) is 0 Å². The molecule has 3 aromatic rings. The molecule has 1 N–H and O–H groups in total. The Balaban J connectivity index is 1.51. The van der Waals surface area contributed by atoms with E-state index in [-0.39, 0.29) is 21.7 Å². The molecular weight excluding hydrogens is 416 g/mol. The molecule has 29 heavy (non-hydrogen) atoms. The maximum Gasteiger partial charge on any atom is 0.286 e. The fourth-order valence-electron chi connectivity index (χ4n) is 2.68. The lowest BCUT2D eigenvalue weighted by Crippen LogP contribution is -2.23. The fraction of sp³-hybridized carbons (Fsp3) is 0.167. The molecule has 150 valence electrons. The summed E-state index contributed by atoms with van der Waals surface area (Å²) in [6.07, 6.45) is 0. The highest BCUT2D eigenvalue weighted by atomic mass is 32.2. The summed E-state index contributed by atoms with van der Waals surface area (Å²) in [4.78, 5) is 0.154. The van der Waals surface area contributed by atoms with Crippen molar-refractivity contribution in [1.29, 1.82) is 0 Å². The van der Waals surface area contributed by atoms with Crippen molar-refractivity contribution in [2.24, 2.45) is 4.40 Å². The van der Waals surface area contributed by atoms with Gasteiger partial charge in [0.25, 0.3) is 15.2 Å². The van der Waals surface area contributed by atoms with Crippen molar-refractivity contribution in [2.45, 2.75) is 10.1 Å². The van der Waals surface area contributed by atoms with Crippen LogP contribution in [0.5, 0.6) is 11.5 Å². The Morgan fingerprint density at radius 1 is 1.07 bits per heavy atom. The summed E-state index contributed by atoms with van der Waals surface area (Å²) >= 11 is 1.18. The number of nitrogens with zero attached hydrogens (tertiary/aromatic N) is 3. The van der Waals surface area contributed by atoms with Crippen LogP contribution in [-0.4, -0.2) is 44.4 Å². The second kappa shape index (κ2) is 7.76. The Hall–Kier alpha value is -3.05. The quantitative estimate of drug-likeness (QED) is 0.587. The van der Waals surface area contributed by atoms with E-state index in [1.54, 1.807) is 50.6 Å². The molecule has 0 fully saturated rings. The van der Waals surface area contributed by atoms with E-state index in [1.807, 2.05) is 0 Å². The molecule has 9 nitrogen and oxygen atoms in total. The lowest BCUT2D eigenvalue weighted by molar-refractivity contribution is 0.394. The SMILES string of the molecule is COc1cc(OC)cc(-c2nnc(SCC3=NS(=O)(=O)c4ccccc4N3)o2)c1. The summed E-state index contributed by atoms with van der Waals surface area (Å²) in [5.74, 6) is 1.99. The maximum atomic E-state index is 12.3. The number of sulfonamides is 1. The first-order valence-corrected chi connectivity index (χ1v) is 10.8. The normalized spacial score (nSPS) is 14.5. The highest BCUT2D eigenvalue weighted by Crippen LogP contribution is 2.31. The van der Waals surface area contributed by atoms with E-state index < -0.39 is 10.0 Å². The first-order chi connectivity index (χ1) is 14.0. The summed E-state index contributed by atoms with van der Waals surface area (Å²) in [6, 6.07) is 11.8. The van der Waals surface area contributed by atoms with E-state index in [0.717, 1.165) is 0 Å². The average molecular weight is 432 g/mol. The number of nitrogens with one attached hydrogen (secondary N) is 1. The van der Waals surface area contributed by atoms with Crippen LogP contribution in [0, 0.1) is 0 Å². The molecule has 0 saturated heterocycles. The monoisotopic (exact) mass is 432 g/mol. The van der Waals surface area contributed by atoms with Gasteiger partial charge in [-0.2, -0.15) is 8.42 Å². The summed E-state index contributed by atoms with van der Waals surface area (Å²) in [7, 11) is -0.624. The Morgan fingerprint density at radius 3 is 2.52 bits per heavy atom. The van der Waals surface area contributed by atoms with Crippen molar-refractivity contribution < 1.29 is 22.3 Å². The Bertz CT molecular complexity index is 1170. The second-order valence-corrected chi connectivity index (χ2v) is 8.40. The molecule has 11 heteroatoms. The third-order valence-corrected chi connectivity index (χ3v) is 6.21. The number of ether oxygens (including phenoxy) is 2. The van der Waals surface area contributed by atoms with E-state index in [2.05, 4.69) is 19.9 Å². The number of aromatic nitrogens is 2. The highest BCUT2D eigenvalue weighted by molar-refractivity contribution is 7.99. The van der Waals surface area contributed by atoms with Crippen molar-refractivity contribution in [3.8, 4) is 23.0 Å². The van der Waals surface area contributed by atoms with Gasteiger partial charge in [-0.05, 0) is 24.3 Å². The number of amidine groups is 1. The number of anilines is 1. The lowest BCUT2D eigenvalue weighted by Gasteiger charge is -2.17. The molecule has 0 bridgehead atoms. The van der Waals surface area contributed by atoms with Crippen LogP contribution in [0.4, 0.5) is 5.69 Å². The largest absolute Gasteiger partial charge is 0.497 e. The van der Waals surface area contributed by atoms with Gasteiger partial charge >= 0.3 is 0 Å². The van der Waals surface area contributed by atoms with E-state index in [0.29, 0.717) is 28.6 Å². The molecule has 1 aromatic heterocycles. The molecule has 2 heterocycles. The van der Waals surface area contributed by atoms with Crippen LogP contribution in [0.1, 0.15) is 0 Å². The maximum absolute atomic E-state index is 12.3. The van der Waals surface area contributed by atoms with E-state index >= 15 is 0 Å². The van der Waals surface area contributed by atoms with Crippen LogP contribution >= 0.6 is 11.8 Å². The van der Waals surface area contributed by atoms with E-state index in [4.69, 9.17) is 13.9 Å². The third-order valence-electron chi connectivity index (χ3n) is 4.01. The van der Waals surface area contributed by atoms with Crippen LogP contribution in [0.25, 0.3) is 11.5 Å². The van der Waals surface area contributed by atoms with Crippen LogP contribution in [0.15, 0.2) is 61.4 Å². The van der Waals surface area contributed by atoms with Crippen LogP contribution in [0.3, 0.4) is 0 Å². The number of thioether (sulfide) groups is 1. The van der Waals surface area contributed by atoms with Gasteiger partial charge in [-0.1, -0.05) is 23.9 Å². The molecule has 0 saturated carbocycles. The Morgan fingerprint density at radius 2 is 1.79 bits per heavy atom. The number of hydrogen-bond acceptors (Lipinski definition) is 9. The summed E-state index contributed by atoms with van der Waals surface area (Å²) in [5.41, 5.74) is 1.14. The van der Waals surface area contributed by atoms with Gasteiger partial charge in [0.05, 0.1) is 25.7 Å². The van der Waals surface area contributed by atoms with E-state index in [9.17, 15) is 8.42 Å². The average Bonchev–Trinajstić information content (AvgIpc) is 3.20. The zero-order chi connectivity index (χ0) is 20.4. The molecule has 0 aliphatic carbocycles. The van der Waals surface area contributed by atoms with E-state index in [1.165, 1.54) is 17.8 Å². The minimum absolute atomic E-state index is 0.154. The summed E-state index contributed by atoms with van der Waals surface area (Å²) in [6.45, 7) is 0. The summed E-state index contributed by atoms with van der Waals surface area (Å²) < 4.78 is 44.6. The Kier molecular flexibility index (Phi) is 5.16. The van der Waals surface area contributed by atoms with Gasteiger partial charge in [0.2, 0.25) is 5.89 Å². The molecule has 0 radical (unpaired) electrons. The third kappa shape index (κ3) is 4.05. The van der Waals surface area contributed by atoms with Crippen molar-refractivity contribution in [1.82, 2.24) is 10.2 Å². The number of fused-ring (bicyclic) bond motifs is 1. The smallest absolute Gasteiger partial charge is 0.286 e. The molecule has 1 aliphatic rings. The van der Waals surface area contributed by atoms with Gasteiger partial charge in [0, 0.05) is 11.6 Å². The molecule has 0 amide bonds. The standard InChI is InChI=1S/C18H16N4O5S2/c1-25-12-7-11(8-13(9-12)26-2)17-20-21-18(27-17)28-10-16-19-14-5-3-4-6-15(14)29(23,24)22-16/h3-9H,10H2,1-2H3,(H,19,22). The highest BCUT2D eigenvalue weighted by Gasteiger charge is 2.24. The van der Waals surface area contributed by atoms with Crippen LogP contribution in [-0.2, 0) is 10.0 Å². The fourth-order valence-corrected chi connectivity index (χ4v) is 4.54. The van der Waals surface area contributed by atoms with Gasteiger partial charge in [0.15, 0.2) is 0 Å². The Labute approximate surface area is 171 Å². The second-order valence-electron chi connectivity index (χ2n) is 5.90. The predicted octanol–water partition coefficient (Wildman–Crippen LogP) is 3.06. The van der Waals surface area contributed by atoms with Gasteiger partial charge in [-0.15, -0.1) is 14.6 Å². The van der Waals surface area contributed by atoms with Gasteiger partial charge in [-0.25, -0.2) is 0 Å². The van der Waals surface area contributed by atoms with Gasteiger partial charge in [0.1, 0.15) is 22.2 Å². The minimum atomic E-state index is -3.73. The van der Waals surface area contributed by atoms with Gasteiger partial charge < -0.3 is 19.2 Å². The molecule has 0 spiro atoms. The number of para-hydroxylation sites is 1. The number of benzene rings is 2. The predicted molar refractivity (Wildman–Crippen MR) is 108 cm³/mol. The topological polar surface area (TPSA) is 116 Å². The number of rotatable bonds is 6. The number of methoxy groups -OCH3 is 2. The molecular formula is C18H16N4O5S2. The van der Waals surface area contributed by atoms with Crippen LogP contribution in [0.2, 0.25) is 0 Å². The van der Waals surface area contributed by atoms with Crippen molar-refractivity contribution in [3.05, 3.63) is 42.5 Å².